The Morgan fingerprint density at radius 3 is 2.79 bits per heavy atom. The third kappa shape index (κ3) is 2.82. The standard InChI is InChI=1S/C18H28N4O2/c1-13-11-14(2)22(19-13)12-17(24)21-10-6-5-9-18(3)15(21)7-8-16(23)20(18)4/h11,15H,5-10,12H2,1-4H3/t15-,18-/m0/s1. The summed E-state index contributed by atoms with van der Waals surface area (Å²) in [6, 6.07) is 2.10. The molecule has 2 aliphatic heterocycles. The number of hydrogen-bond acceptors (Lipinski definition) is 3. The van der Waals surface area contributed by atoms with Crippen LogP contribution in [0.1, 0.15) is 50.4 Å². The zero-order valence-corrected chi connectivity index (χ0v) is 15.2. The molecule has 24 heavy (non-hydrogen) atoms. The Morgan fingerprint density at radius 2 is 2.12 bits per heavy atom. The topological polar surface area (TPSA) is 58.4 Å². The maximum atomic E-state index is 13.0. The average molecular weight is 332 g/mol. The van der Waals surface area contributed by atoms with Crippen molar-refractivity contribution >= 4 is 11.8 Å². The van der Waals surface area contributed by atoms with Gasteiger partial charge in [0.05, 0.1) is 17.3 Å². The summed E-state index contributed by atoms with van der Waals surface area (Å²) >= 11 is 0. The summed E-state index contributed by atoms with van der Waals surface area (Å²) in [5.41, 5.74) is 1.69. The van der Waals surface area contributed by atoms with E-state index in [-0.39, 0.29) is 29.9 Å². The predicted molar refractivity (Wildman–Crippen MR) is 91.5 cm³/mol. The van der Waals surface area contributed by atoms with Crippen molar-refractivity contribution in [1.82, 2.24) is 19.6 Å². The fourth-order valence-corrected chi connectivity index (χ4v) is 4.35. The van der Waals surface area contributed by atoms with Crippen LogP contribution in [-0.2, 0) is 16.1 Å². The van der Waals surface area contributed by atoms with Crippen molar-refractivity contribution < 1.29 is 9.59 Å². The van der Waals surface area contributed by atoms with Crippen molar-refractivity contribution in [3.8, 4) is 0 Å². The molecule has 2 aliphatic rings. The number of carbonyl (C=O) groups excluding carboxylic acids is 2. The second-order valence-corrected chi connectivity index (χ2v) is 7.49. The highest BCUT2D eigenvalue weighted by Gasteiger charge is 2.48. The number of piperidine rings is 1. The first-order valence-corrected chi connectivity index (χ1v) is 8.90. The Hall–Kier alpha value is -1.85. The molecule has 2 atom stereocenters. The molecule has 6 nitrogen and oxygen atoms in total. The van der Waals surface area contributed by atoms with E-state index in [1.165, 1.54) is 0 Å². The van der Waals surface area contributed by atoms with Gasteiger partial charge in [0.15, 0.2) is 0 Å². The summed E-state index contributed by atoms with van der Waals surface area (Å²) in [6.07, 6.45) is 4.30. The largest absolute Gasteiger partial charge is 0.338 e. The monoisotopic (exact) mass is 332 g/mol. The van der Waals surface area contributed by atoms with Gasteiger partial charge in [-0.05, 0) is 52.5 Å². The SMILES string of the molecule is Cc1cc(C)n(CC(=O)N2CCCC[C@@]3(C)[C@@H]2CCC(=O)N3C)n1. The Morgan fingerprint density at radius 1 is 1.38 bits per heavy atom. The molecule has 1 aromatic heterocycles. The molecule has 2 amide bonds. The molecule has 3 heterocycles. The second kappa shape index (κ2) is 6.22. The molecule has 1 aromatic rings. The third-order valence-corrected chi connectivity index (χ3v) is 5.91. The van der Waals surface area contributed by atoms with E-state index in [2.05, 4.69) is 12.0 Å². The van der Waals surface area contributed by atoms with Crippen LogP contribution in [0.4, 0.5) is 0 Å². The van der Waals surface area contributed by atoms with Gasteiger partial charge in [0.1, 0.15) is 6.54 Å². The summed E-state index contributed by atoms with van der Waals surface area (Å²) in [6.45, 7) is 7.12. The highest BCUT2D eigenvalue weighted by Crippen LogP contribution is 2.38. The average Bonchev–Trinajstić information content (AvgIpc) is 2.73. The van der Waals surface area contributed by atoms with E-state index in [0.717, 1.165) is 43.6 Å². The van der Waals surface area contributed by atoms with E-state index in [9.17, 15) is 9.59 Å². The number of aryl methyl sites for hydroxylation is 2. The maximum Gasteiger partial charge on any atom is 0.244 e. The van der Waals surface area contributed by atoms with Crippen LogP contribution in [0, 0.1) is 13.8 Å². The molecule has 3 rings (SSSR count). The van der Waals surface area contributed by atoms with Gasteiger partial charge in [-0.15, -0.1) is 0 Å². The van der Waals surface area contributed by atoms with Gasteiger partial charge in [-0.2, -0.15) is 5.10 Å². The normalized spacial score (nSPS) is 27.8. The van der Waals surface area contributed by atoms with Gasteiger partial charge in [-0.25, -0.2) is 0 Å². The van der Waals surface area contributed by atoms with Crippen LogP contribution in [-0.4, -0.2) is 56.6 Å². The van der Waals surface area contributed by atoms with E-state index in [4.69, 9.17) is 0 Å². The highest BCUT2D eigenvalue weighted by atomic mass is 16.2. The zero-order valence-electron chi connectivity index (χ0n) is 15.2. The van der Waals surface area contributed by atoms with Gasteiger partial charge in [0.25, 0.3) is 0 Å². The summed E-state index contributed by atoms with van der Waals surface area (Å²) < 4.78 is 1.79. The summed E-state index contributed by atoms with van der Waals surface area (Å²) in [4.78, 5) is 29.1. The van der Waals surface area contributed by atoms with Crippen molar-refractivity contribution in [1.29, 1.82) is 0 Å². The van der Waals surface area contributed by atoms with E-state index >= 15 is 0 Å². The van der Waals surface area contributed by atoms with Gasteiger partial charge >= 0.3 is 0 Å². The minimum absolute atomic E-state index is 0.104. The molecule has 0 saturated carbocycles. The Bertz CT molecular complexity index is 653. The van der Waals surface area contributed by atoms with Crippen LogP contribution < -0.4 is 0 Å². The van der Waals surface area contributed by atoms with Crippen LogP contribution in [0.15, 0.2) is 6.07 Å². The maximum absolute atomic E-state index is 13.0. The third-order valence-electron chi connectivity index (χ3n) is 5.91. The number of likely N-dealkylation sites (tertiary alicyclic amines) is 2. The molecular weight excluding hydrogens is 304 g/mol. The van der Waals surface area contributed by atoms with Crippen molar-refractivity contribution in [2.75, 3.05) is 13.6 Å². The smallest absolute Gasteiger partial charge is 0.244 e. The number of nitrogens with zero attached hydrogens (tertiary/aromatic N) is 4. The van der Waals surface area contributed by atoms with Crippen molar-refractivity contribution in [2.24, 2.45) is 0 Å². The molecule has 6 heteroatoms. The molecule has 2 fully saturated rings. The molecule has 2 saturated heterocycles. The van der Waals surface area contributed by atoms with Gasteiger partial charge in [-0.1, -0.05) is 0 Å². The first kappa shape index (κ1) is 17.0. The number of rotatable bonds is 2. The van der Waals surface area contributed by atoms with Crippen LogP contribution >= 0.6 is 0 Å². The quantitative estimate of drug-likeness (QED) is 0.831. The lowest BCUT2D eigenvalue weighted by atomic mass is 9.80. The zero-order chi connectivity index (χ0) is 17.5. The number of aromatic nitrogens is 2. The number of fused-ring (bicyclic) bond motifs is 1. The summed E-state index contributed by atoms with van der Waals surface area (Å²) in [7, 11) is 1.89. The van der Waals surface area contributed by atoms with Crippen molar-refractivity contribution in [2.45, 2.75) is 71.0 Å². The fourth-order valence-electron chi connectivity index (χ4n) is 4.35. The lowest BCUT2D eigenvalue weighted by Gasteiger charge is -2.51. The van der Waals surface area contributed by atoms with Gasteiger partial charge < -0.3 is 9.80 Å². The second-order valence-electron chi connectivity index (χ2n) is 7.49. The van der Waals surface area contributed by atoms with Crippen LogP contribution in [0.25, 0.3) is 0 Å². The first-order chi connectivity index (χ1) is 11.3. The Kier molecular flexibility index (Phi) is 4.40. The molecule has 0 aromatic carbocycles. The Labute approximate surface area is 143 Å². The summed E-state index contributed by atoms with van der Waals surface area (Å²) in [5.74, 6) is 0.309. The number of carbonyl (C=O) groups is 2. The molecule has 0 aliphatic carbocycles. The van der Waals surface area contributed by atoms with E-state index in [0.29, 0.717) is 6.42 Å². The Balaban J connectivity index is 1.84. The van der Waals surface area contributed by atoms with Crippen molar-refractivity contribution in [3.05, 3.63) is 17.5 Å². The van der Waals surface area contributed by atoms with Gasteiger partial charge in [0, 0.05) is 25.7 Å². The number of amides is 2. The van der Waals surface area contributed by atoms with E-state index in [1.54, 1.807) is 4.68 Å². The molecule has 0 radical (unpaired) electrons. The molecule has 0 N–H and O–H groups in total. The molecular formula is C18H28N4O2. The lowest BCUT2D eigenvalue weighted by Crippen LogP contribution is -2.64. The number of hydrogen-bond donors (Lipinski definition) is 0. The molecule has 0 unspecified atom stereocenters. The van der Waals surface area contributed by atoms with Gasteiger partial charge in [0.2, 0.25) is 11.8 Å². The fraction of sp³-hybridized carbons (Fsp3) is 0.722. The van der Waals surface area contributed by atoms with E-state index in [1.807, 2.05) is 36.8 Å². The van der Waals surface area contributed by atoms with Crippen LogP contribution in [0.2, 0.25) is 0 Å². The van der Waals surface area contributed by atoms with Gasteiger partial charge in [-0.3, -0.25) is 14.3 Å². The summed E-state index contributed by atoms with van der Waals surface area (Å²) in [5, 5.41) is 4.42. The predicted octanol–water partition coefficient (Wildman–Crippen LogP) is 1.89. The molecule has 132 valence electrons. The van der Waals surface area contributed by atoms with Crippen LogP contribution in [0.5, 0.6) is 0 Å². The minimum atomic E-state index is -0.253. The number of likely N-dealkylation sites (N-methyl/N-ethyl adjacent to an activating group) is 1. The van der Waals surface area contributed by atoms with E-state index < -0.39 is 0 Å². The first-order valence-electron chi connectivity index (χ1n) is 8.90. The molecule has 0 bridgehead atoms. The van der Waals surface area contributed by atoms with Crippen molar-refractivity contribution in [3.63, 3.8) is 0 Å². The molecule has 0 spiro atoms. The minimum Gasteiger partial charge on any atom is -0.338 e. The highest BCUT2D eigenvalue weighted by molar-refractivity contribution is 5.80. The lowest BCUT2D eigenvalue weighted by molar-refractivity contribution is -0.151. The van der Waals surface area contributed by atoms with Crippen LogP contribution in [0.3, 0.4) is 0 Å².